The molecule has 330 valence electrons. The number of hydrogen-bond acceptors (Lipinski definition) is 2. The lowest BCUT2D eigenvalue weighted by atomic mass is 9.84. The van der Waals surface area contributed by atoms with Gasteiger partial charge in [0, 0.05) is 38.0 Å². The van der Waals surface area contributed by atoms with Gasteiger partial charge in [0.1, 0.15) is 22.3 Å². The Morgan fingerprint density at radius 2 is 0.620 bits per heavy atom. The highest BCUT2D eigenvalue weighted by atomic mass is 16.3. The van der Waals surface area contributed by atoms with Crippen molar-refractivity contribution in [2.24, 2.45) is 0 Å². The van der Waals surface area contributed by atoms with E-state index >= 15 is 0 Å². The van der Waals surface area contributed by atoms with Crippen LogP contribution in [0.25, 0.3) is 149 Å². The van der Waals surface area contributed by atoms with Crippen molar-refractivity contribution in [1.29, 1.82) is 0 Å². The van der Waals surface area contributed by atoms with Crippen molar-refractivity contribution in [2.75, 3.05) is 0 Å². The molecule has 0 N–H and O–H groups in total. The lowest BCUT2D eigenvalue weighted by Gasteiger charge is -2.19. The molecule has 0 amide bonds. The van der Waals surface area contributed by atoms with Gasteiger partial charge in [-0.3, -0.25) is 0 Å². The molecule has 71 heavy (non-hydrogen) atoms. The summed E-state index contributed by atoms with van der Waals surface area (Å²) in [5.41, 5.74) is 18.9. The third-order valence-electron chi connectivity index (χ3n) is 14.8. The second kappa shape index (κ2) is 15.5. The van der Waals surface area contributed by atoms with Crippen LogP contribution in [0.2, 0.25) is 0 Å². The summed E-state index contributed by atoms with van der Waals surface area (Å²) in [6, 6.07) is 90.3. The maximum Gasteiger partial charge on any atom is 0.135 e. The highest BCUT2D eigenvalue weighted by molar-refractivity contribution is 6.22. The Bertz CT molecular complexity index is 4570. The van der Waals surface area contributed by atoms with Crippen LogP contribution >= 0.6 is 0 Å². The molecule has 0 saturated carbocycles. The summed E-state index contributed by atoms with van der Waals surface area (Å²) in [4.78, 5) is 0. The summed E-state index contributed by atoms with van der Waals surface area (Å²) < 4.78 is 15.0. The van der Waals surface area contributed by atoms with Crippen molar-refractivity contribution in [1.82, 2.24) is 4.57 Å². The zero-order valence-corrected chi connectivity index (χ0v) is 38.4. The first-order chi connectivity index (χ1) is 35.2. The fourth-order valence-electron chi connectivity index (χ4n) is 11.7. The van der Waals surface area contributed by atoms with E-state index in [-0.39, 0.29) is 0 Å². The van der Waals surface area contributed by atoms with Crippen LogP contribution in [0.15, 0.2) is 258 Å². The summed E-state index contributed by atoms with van der Waals surface area (Å²) in [7, 11) is 0. The van der Waals surface area contributed by atoms with Crippen molar-refractivity contribution >= 4 is 87.2 Å². The minimum absolute atomic E-state index is 0.887. The normalized spacial score (nSPS) is 11.9. The van der Waals surface area contributed by atoms with Crippen LogP contribution < -0.4 is 0 Å². The highest BCUT2D eigenvalue weighted by Crippen LogP contribution is 2.47. The Morgan fingerprint density at radius 3 is 1.21 bits per heavy atom. The first-order valence-corrected chi connectivity index (χ1v) is 24.3. The van der Waals surface area contributed by atoms with Crippen molar-refractivity contribution in [3.63, 3.8) is 0 Å². The topological polar surface area (TPSA) is 31.2 Å². The van der Waals surface area contributed by atoms with E-state index in [2.05, 4.69) is 235 Å². The molecular weight excluding hydrogens is 863 g/mol. The van der Waals surface area contributed by atoms with Crippen molar-refractivity contribution < 1.29 is 8.83 Å². The summed E-state index contributed by atoms with van der Waals surface area (Å²) in [6.07, 6.45) is 0. The Hall–Kier alpha value is -9.44. The Balaban J connectivity index is 0.930. The van der Waals surface area contributed by atoms with Gasteiger partial charge in [0.05, 0.1) is 11.0 Å². The summed E-state index contributed by atoms with van der Waals surface area (Å²) in [5.74, 6) is 0. The van der Waals surface area contributed by atoms with Gasteiger partial charge < -0.3 is 13.4 Å². The molecule has 0 fully saturated rings. The van der Waals surface area contributed by atoms with E-state index in [0.29, 0.717) is 0 Å². The van der Waals surface area contributed by atoms with Gasteiger partial charge in [0.2, 0.25) is 0 Å². The molecule has 0 spiro atoms. The van der Waals surface area contributed by atoms with E-state index < -0.39 is 0 Å². The molecule has 0 bridgehead atoms. The van der Waals surface area contributed by atoms with Crippen LogP contribution in [0.5, 0.6) is 0 Å². The van der Waals surface area contributed by atoms with Gasteiger partial charge in [-0.25, -0.2) is 0 Å². The van der Waals surface area contributed by atoms with E-state index in [1.165, 1.54) is 82.3 Å². The van der Waals surface area contributed by atoms with Crippen molar-refractivity contribution in [3.8, 4) is 61.3 Å². The van der Waals surface area contributed by atoms with E-state index in [9.17, 15) is 0 Å². The average molecular weight is 904 g/mol. The number of rotatable bonds is 6. The molecule has 0 unspecified atom stereocenters. The number of hydrogen-bond donors (Lipinski definition) is 0. The van der Waals surface area contributed by atoms with Gasteiger partial charge in [-0.2, -0.15) is 0 Å². The Kier molecular flexibility index (Phi) is 8.66. The molecule has 0 radical (unpaired) electrons. The molecule has 15 rings (SSSR count). The highest BCUT2D eigenvalue weighted by Gasteiger charge is 2.21. The molecule has 3 heterocycles. The summed E-state index contributed by atoms with van der Waals surface area (Å²) in [6.45, 7) is 0. The molecule has 0 aliphatic heterocycles. The van der Waals surface area contributed by atoms with Crippen LogP contribution in [-0.2, 0) is 0 Å². The minimum Gasteiger partial charge on any atom is -0.456 e. The van der Waals surface area contributed by atoms with Crippen LogP contribution in [0.3, 0.4) is 0 Å². The third-order valence-corrected chi connectivity index (χ3v) is 14.8. The van der Waals surface area contributed by atoms with Gasteiger partial charge in [0.15, 0.2) is 0 Å². The fourth-order valence-corrected chi connectivity index (χ4v) is 11.7. The largest absolute Gasteiger partial charge is 0.456 e. The number of para-hydroxylation sites is 4. The SMILES string of the molecule is c1ccc(-n2c3ccccc3c3cc(-c4cccc(-c5ccc6oc7ccccc7c6c5)c4-c4ccc(-c5c6ccccc6c(-c6ccc7oc8ccccc8c7c6)c6ccccc56)cc4)ccc32)cc1. The van der Waals surface area contributed by atoms with Crippen LogP contribution in [-0.4, -0.2) is 4.57 Å². The van der Waals surface area contributed by atoms with Crippen LogP contribution in [0.1, 0.15) is 0 Å². The first kappa shape index (κ1) is 39.5. The molecule has 3 nitrogen and oxygen atoms in total. The van der Waals surface area contributed by atoms with E-state index in [4.69, 9.17) is 8.83 Å². The Morgan fingerprint density at radius 1 is 0.225 bits per heavy atom. The molecule has 0 aliphatic carbocycles. The number of furan rings is 2. The van der Waals surface area contributed by atoms with Gasteiger partial charge in [-0.15, -0.1) is 0 Å². The second-order valence-electron chi connectivity index (χ2n) is 18.7. The molecule has 0 aliphatic rings. The van der Waals surface area contributed by atoms with Gasteiger partial charge >= 0.3 is 0 Å². The van der Waals surface area contributed by atoms with Gasteiger partial charge in [0.25, 0.3) is 0 Å². The molecule has 0 saturated heterocycles. The molecule has 15 aromatic rings. The molecular formula is C68H41NO2. The summed E-state index contributed by atoms with van der Waals surface area (Å²) in [5, 5.41) is 11.8. The van der Waals surface area contributed by atoms with E-state index in [1.807, 2.05) is 18.2 Å². The molecule has 3 heteroatoms. The zero-order chi connectivity index (χ0) is 46.6. The van der Waals surface area contributed by atoms with Crippen molar-refractivity contribution in [3.05, 3.63) is 249 Å². The average Bonchev–Trinajstić information content (AvgIpc) is 4.11. The standard InChI is InChI=1S/C68H41NO2/c1-2-15-47(16-3-1)69-60-26-11-8-17-50(60)57-39-44(33-36-61(57)69)48-24-14-25-49(45-34-37-64-58(40-45)51-18-9-12-27-62(51)70-64)66(48)42-29-31-43(32-30-42)67-53-20-4-6-22-55(53)68(56-23-7-5-21-54(56)67)46-35-38-65-59(41-46)52-19-10-13-28-63(52)71-65/h1-41H. The summed E-state index contributed by atoms with van der Waals surface area (Å²) >= 11 is 0. The smallest absolute Gasteiger partial charge is 0.135 e. The van der Waals surface area contributed by atoms with Crippen LogP contribution in [0.4, 0.5) is 0 Å². The lowest BCUT2D eigenvalue weighted by Crippen LogP contribution is -1.94. The predicted molar refractivity (Wildman–Crippen MR) is 298 cm³/mol. The molecule has 0 atom stereocenters. The fraction of sp³-hybridized carbons (Fsp3) is 0. The molecule has 3 aromatic heterocycles. The minimum atomic E-state index is 0.887. The number of fused-ring (bicyclic) bond motifs is 11. The quantitative estimate of drug-likeness (QED) is 0.156. The van der Waals surface area contributed by atoms with Crippen LogP contribution in [0, 0.1) is 0 Å². The first-order valence-electron chi connectivity index (χ1n) is 24.3. The second-order valence-corrected chi connectivity index (χ2v) is 18.7. The Labute approximate surface area is 408 Å². The maximum atomic E-state index is 6.33. The van der Waals surface area contributed by atoms with Gasteiger partial charge in [-0.05, 0) is 144 Å². The zero-order valence-electron chi connectivity index (χ0n) is 38.4. The predicted octanol–water partition coefficient (Wildman–Crippen LogP) is 19.2. The number of aromatic nitrogens is 1. The molecule has 12 aromatic carbocycles. The third kappa shape index (κ3) is 6.10. The lowest BCUT2D eigenvalue weighted by molar-refractivity contribution is 0.668. The van der Waals surface area contributed by atoms with E-state index in [0.717, 1.165) is 66.3 Å². The number of benzene rings is 12. The maximum absolute atomic E-state index is 6.33. The number of nitrogens with zero attached hydrogens (tertiary/aromatic N) is 1. The van der Waals surface area contributed by atoms with Gasteiger partial charge in [-0.1, -0.05) is 182 Å². The van der Waals surface area contributed by atoms with E-state index in [1.54, 1.807) is 0 Å². The van der Waals surface area contributed by atoms with Crippen molar-refractivity contribution in [2.45, 2.75) is 0 Å². The monoisotopic (exact) mass is 903 g/mol.